The molecule has 0 aromatic heterocycles. The number of carbonyl (C=O) groups is 1. The Hall–Kier alpha value is -1.59. The lowest BCUT2D eigenvalue weighted by Crippen LogP contribution is -2.30. The number of nitrogens with zero attached hydrogens (tertiary/aromatic N) is 1. The standard InChI is InChI=1S/C11H15N3O2/c1-7-4-8(2-3-10(15)16)5-9-6-14(12)13-11(7)9/h4-5,13H,2-3,6,12H2,1H3,(H,15,16). The second kappa shape index (κ2) is 4.11. The molecule has 0 atom stereocenters. The van der Waals surface area contributed by atoms with Gasteiger partial charge < -0.3 is 10.5 Å². The molecule has 0 fully saturated rings. The van der Waals surface area contributed by atoms with Gasteiger partial charge >= 0.3 is 5.97 Å². The largest absolute Gasteiger partial charge is 0.481 e. The summed E-state index contributed by atoms with van der Waals surface area (Å²) in [4.78, 5) is 10.5. The molecule has 0 amide bonds. The average Bonchev–Trinajstić information content (AvgIpc) is 2.56. The summed E-state index contributed by atoms with van der Waals surface area (Å²) in [6.07, 6.45) is 0.728. The number of hydrazine groups is 2. The average molecular weight is 221 g/mol. The molecule has 0 unspecified atom stereocenters. The van der Waals surface area contributed by atoms with Gasteiger partial charge in [0.2, 0.25) is 0 Å². The van der Waals surface area contributed by atoms with Crippen molar-refractivity contribution in [2.45, 2.75) is 26.3 Å². The molecule has 5 nitrogen and oxygen atoms in total. The Kier molecular flexibility index (Phi) is 2.80. The normalized spacial score (nSPS) is 14.6. The van der Waals surface area contributed by atoms with Gasteiger partial charge in [0.1, 0.15) is 0 Å². The fourth-order valence-corrected chi connectivity index (χ4v) is 1.99. The number of aliphatic carboxylic acids is 1. The number of carboxylic acids is 1. The van der Waals surface area contributed by atoms with Gasteiger partial charge in [-0.15, -0.1) is 0 Å². The van der Waals surface area contributed by atoms with Crippen molar-refractivity contribution in [2.24, 2.45) is 5.84 Å². The molecule has 4 N–H and O–H groups in total. The second-order valence-corrected chi connectivity index (χ2v) is 4.08. The minimum Gasteiger partial charge on any atom is -0.481 e. The quantitative estimate of drug-likeness (QED) is 0.664. The van der Waals surface area contributed by atoms with E-state index in [1.54, 1.807) is 0 Å². The van der Waals surface area contributed by atoms with Crippen molar-refractivity contribution in [2.75, 3.05) is 5.43 Å². The van der Waals surface area contributed by atoms with E-state index in [4.69, 9.17) is 10.9 Å². The topological polar surface area (TPSA) is 78.6 Å². The van der Waals surface area contributed by atoms with Crippen molar-refractivity contribution in [1.29, 1.82) is 0 Å². The maximum Gasteiger partial charge on any atom is 0.303 e. The van der Waals surface area contributed by atoms with Gasteiger partial charge in [0.25, 0.3) is 0 Å². The van der Waals surface area contributed by atoms with Gasteiger partial charge in [-0.25, -0.2) is 0 Å². The van der Waals surface area contributed by atoms with Gasteiger partial charge in [-0.3, -0.25) is 10.6 Å². The molecule has 1 aliphatic heterocycles. The zero-order valence-corrected chi connectivity index (χ0v) is 9.16. The second-order valence-electron chi connectivity index (χ2n) is 4.08. The van der Waals surface area contributed by atoms with Crippen LogP contribution in [0.5, 0.6) is 0 Å². The number of benzene rings is 1. The number of aryl methyl sites for hydroxylation is 2. The van der Waals surface area contributed by atoms with Gasteiger partial charge in [0.05, 0.1) is 12.2 Å². The van der Waals surface area contributed by atoms with Crippen LogP contribution < -0.4 is 11.3 Å². The molecule has 2 rings (SSSR count). The highest BCUT2D eigenvalue weighted by molar-refractivity contribution is 5.67. The molecule has 1 aromatic carbocycles. The van der Waals surface area contributed by atoms with E-state index in [2.05, 4.69) is 5.43 Å². The van der Waals surface area contributed by atoms with E-state index in [1.165, 1.54) is 5.12 Å². The number of fused-ring (bicyclic) bond motifs is 1. The van der Waals surface area contributed by atoms with Gasteiger partial charge in [-0.1, -0.05) is 12.1 Å². The number of hydrogen-bond acceptors (Lipinski definition) is 4. The summed E-state index contributed by atoms with van der Waals surface area (Å²) < 4.78 is 0. The van der Waals surface area contributed by atoms with Crippen LogP contribution in [0.25, 0.3) is 0 Å². The van der Waals surface area contributed by atoms with Crippen molar-refractivity contribution >= 4 is 11.7 Å². The summed E-state index contributed by atoms with van der Waals surface area (Å²) in [5.74, 6) is 4.89. The van der Waals surface area contributed by atoms with Crippen LogP contribution in [0.2, 0.25) is 0 Å². The van der Waals surface area contributed by atoms with E-state index in [1.807, 2.05) is 19.1 Å². The molecule has 1 aliphatic rings. The molecule has 0 saturated heterocycles. The minimum atomic E-state index is -0.767. The summed E-state index contributed by atoms with van der Waals surface area (Å²) in [5.41, 5.74) is 7.38. The van der Waals surface area contributed by atoms with Crippen molar-refractivity contribution in [3.8, 4) is 0 Å². The number of hydrogen-bond donors (Lipinski definition) is 3. The lowest BCUT2D eigenvalue weighted by Gasteiger charge is -2.09. The van der Waals surface area contributed by atoms with Crippen LogP contribution in [-0.4, -0.2) is 16.2 Å². The van der Waals surface area contributed by atoms with E-state index >= 15 is 0 Å². The summed E-state index contributed by atoms with van der Waals surface area (Å²) in [6.45, 7) is 2.65. The first-order valence-electron chi connectivity index (χ1n) is 5.19. The van der Waals surface area contributed by atoms with Crippen LogP contribution in [0.15, 0.2) is 12.1 Å². The van der Waals surface area contributed by atoms with Crippen LogP contribution in [0.4, 0.5) is 5.69 Å². The molecule has 5 heteroatoms. The zero-order chi connectivity index (χ0) is 11.7. The Morgan fingerprint density at radius 1 is 1.62 bits per heavy atom. The van der Waals surface area contributed by atoms with Crippen molar-refractivity contribution in [3.05, 3.63) is 28.8 Å². The third kappa shape index (κ3) is 2.15. The number of anilines is 1. The molecule has 0 saturated carbocycles. The summed E-state index contributed by atoms with van der Waals surface area (Å²) in [5, 5.41) is 10.2. The smallest absolute Gasteiger partial charge is 0.303 e. The molecule has 0 radical (unpaired) electrons. The lowest BCUT2D eigenvalue weighted by atomic mass is 10.0. The summed E-state index contributed by atoms with van der Waals surface area (Å²) in [7, 11) is 0. The monoisotopic (exact) mass is 221 g/mol. The lowest BCUT2D eigenvalue weighted by molar-refractivity contribution is -0.136. The Bertz CT molecular complexity index is 431. The molecule has 1 aromatic rings. The Morgan fingerprint density at radius 3 is 3.06 bits per heavy atom. The number of carboxylic acid groups (broad SMARTS) is 1. The van der Waals surface area contributed by atoms with E-state index in [9.17, 15) is 4.79 Å². The maximum atomic E-state index is 10.5. The zero-order valence-electron chi connectivity index (χ0n) is 9.16. The Balaban J connectivity index is 2.21. The summed E-state index contributed by atoms with van der Waals surface area (Å²) in [6, 6.07) is 4.03. The fourth-order valence-electron chi connectivity index (χ4n) is 1.99. The molecule has 0 bridgehead atoms. The van der Waals surface area contributed by atoms with Crippen molar-refractivity contribution in [3.63, 3.8) is 0 Å². The molecule has 1 heterocycles. The van der Waals surface area contributed by atoms with Gasteiger partial charge in [-0.05, 0) is 30.0 Å². The van der Waals surface area contributed by atoms with Crippen molar-refractivity contribution < 1.29 is 9.90 Å². The first-order chi connectivity index (χ1) is 7.56. The van der Waals surface area contributed by atoms with Crippen LogP contribution in [0.3, 0.4) is 0 Å². The predicted molar refractivity (Wildman–Crippen MR) is 60.5 cm³/mol. The maximum absolute atomic E-state index is 10.5. The fraction of sp³-hybridized carbons (Fsp3) is 0.364. The van der Waals surface area contributed by atoms with E-state index in [0.717, 1.165) is 22.4 Å². The highest BCUT2D eigenvalue weighted by Gasteiger charge is 2.18. The highest BCUT2D eigenvalue weighted by atomic mass is 16.4. The van der Waals surface area contributed by atoms with Crippen LogP contribution in [0, 0.1) is 6.92 Å². The van der Waals surface area contributed by atoms with Gasteiger partial charge in [-0.2, -0.15) is 5.12 Å². The van der Waals surface area contributed by atoms with Gasteiger partial charge in [0.15, 0.2) is 0 Å². The van der Waals surface area contributed by atoms with Crippen LogP contribution >= 0.6 is 0 Å². The molecule has 0 aliphatic carbocycles. The molecule has 0 spiro atoms. The van der Waals surface area contributed by atoms with Crippen LogP contribution in [0.1, 0.15) is 23.1 Å². The first-order valence-corrected chi connectivity index (χ1v) is 5.19. The molecular weight excluding hydrogens is 206 g/mol. The SMILES string of the molecule is Cc1cc(CCC(=O)O)cc2c1NN(N)C2. The van der Waals surface area contributed by atoms with Crippen LogP contribution in [-0.2, 0) is 17.8 Å². The number of nitrogens with two attached hydrogens (primary N) is 1. The molecular formula is C11H15N3O2. The molecule has 86 valence electrons. The molecule has 16 heavy (non-hydrogen) atoms. The van der Waals surface area contributed by atoms with E-state index < -0.39 is 5.97 Å². The number of nitrogens with one attached hydrogen (secondary N) is 1. The predicted octanol–water partition coefficient (Wildman–Crippen LogP) is 1.03. The highest BCUT2D eigenvalue weighted by Crippen LogP contribution is 2.28. The summed E-state index contributed by atoms with van der Waals surface area (Å²) >= 11 is 0. The minimum absolute atomic E-state index is 0.165. The van der Waals surface area contributed by atoms with E-state index in [0.29, 0.717) is 13.0 Å². The Labute approximate surface area is 93.8 Å². The first kappa shape index (κ1) is 10.9. The van der Waals surface area contributed by atoms with E-state index in [-0.39, 0.29) is 6.42 Å². The third-order valence-electron chi connectivity index (χ3n) is 2.70. The van der Waals surface area contributed by atoms with Crippen molar-refractivity contribution in [1.82, 2.24) is 5.12 Å². The third-order valence-corrected chi connectivity index (χ3v) is 2.70. The van der Waals surface area contributed by atoms with Gasteiger partial charge in [0, 0.05) is 6.42 Å². The Morgan fingerprint density at radius 2 is 2.38 bits per heavy atom. The number of rotatable bonds is 3.